The maximum Gasteiger partial charge on any atom is 0.255 e. The molecular formula is C18H17BrN4O2S2. The molecule has 4 rings (SSSR count). The molecule has 140 valence electrons. The van der Waals surface area contributed by atoms with Crippen LogP contribution in [0.4, 0.5) is 5.69 Å². The Hall–Kier alpha value is -1.84. The van der Waals surface area contributed by atoms with Crippen LogP contribution in [-0.2, 0) is 9.59 Å². The molecule has 2 atom stereocenters. The Morgan fingerprint density at radius 3 is 2.78 bits per heavy atom. The third-order valence-corrected chi connectivity index (χ3v) is 6.78. The molecule has 6 nitrogen and oxygen atoms in total. The van der Waals surface area contributed by atoms with E-state index in [2.05, 4.69) is 26.3 Å². The van der Waals surface area contributed by atoms with Crippen molar-refractivity contribution in [2.24, 2.45) is 5.10 Å². The Balaban J connectivity index is 1.97. The van der Waals surface area contributed by atoms with Gasteiger partial charge >= 0.3 is 0 Å². The number of carbonyl (C=O) groups is 2. The van der Waals surface area contributed by atoms with E-state index in [0.717, 1.165) is 19.9 Å². The third-order valence-electron chi connectivity index (χ3n) is 4.55. The van der Waals surface area contributed by atoms with Crippen molar-refractivity contribution in [3.63, 3.8) is 0 Å². The van der Waals surface area contributed by atoms with Gasteiger partial charge in [-0.05, 0) is 40.4 Å². The van der Waals surface area contributed by atoms with Crippen LogP contribution < -0.4 is 10.2 Å². The van der Waals surface area contributed by atoms with E-state index < -0.39 is 12.2 Å². The van der Waals surface area contributed by atoms with E-state index >= 15 is 0 Å². The predicted molar refractivity (Wildman–Crippen MR) is 113 cm³/mol. The molecule has 0 radical (unpaired) electrons. The monoisotopic (exact) mass is 464 g/mol. The summed E-state index contributed by atoms with van der Waals surface area (Å²) in [5.74, 6) is -0.145. The summed E-state index contributed by atoms with van der Waals surface area (Å²) in [6.45, 7) is 1.85. The van der Waals surface area contributed by atoms with Crippen molar-refractivity contribution in [2.45, 2.75) is 25.6 Å². The summed E-state index contributed by atoms with van der Waals surface area (Å²) in [6.07, 6.45) is 1.76. The van der Waals surface area contributed by atoms with Crippen LogP contribution >= 0.6 is 39.0 Å². The van der Waals surface area contributed by atoms with Crippen LogP contribution in [-0.4, -0.2) is 28.2 Å². The molecule has 0 unspecified atom stereocenters. The second-order valence-electron chi connectivity index (χ2n) is 6.07. The van der Waals surface area contributed by atoms with E-state index in [1.165, 1.54) is 23.1 Å². The molecule has 2 amide bonds. The summed E-state index contributed by atoms with van der Waals surface area (Å²) < 4.78 is 0.965. The number of amides is 2. The molecule has 0 bridgehead atoms. The maximum atomic E-state index is 13.0. The van der Waals surface area contributed by atoms with Gasteiger partial charge in [0.2, 0.25) is 5.91 Å². The first kappa shape index (κ1) is 18.5. The fourth-order valence-electron chi connectivity index (χ4n) is 3.41. The highest BCUT2D eigenvalue weighted by atomic mass is 79.9. The second kappa shape index (κ2) is 7.29. The average Bonchev–Trinajstić information content (AvgIpc) is 3.11. The van der Waals surface area contributed by atoms with Gasteiger partial charge in [0, 0.05) is 12.0 Å². The number of halogens is 1. The van der Waals surface area contributed by atoms with Crippen LogP contribution in [0.2, 0.25) is 0 Å². The number of hydrazone groups is 1. The molecule has 27 heavy (non-hydrogen) atoms. The minimum atomic E-state index is -0.580. The molecule has 0 spiro atoms. The number of nitrogens with one attached hydrogen (secondary N) is 1. The van der Waals surface area contributed by atoms with Crippen LogP contribution in [0.25, 0.3) is 0 Å². The van der Waals surface area contributed by atoms with Crippen LogP contribution in [0, 0.1) is 0 Å². The van der Waals surface area contributed by atoms with Crippen molar-refractivity contribution in [2.75, 3.05) is 11.2 Å². The lowest BCUT2D eigenvalue weighted by Gasteiger charge is -2.48. The highest BCUT2D eigenvalue weighted by molar-refractivity contribution is 9.11. The lowest BCUT2D eigenvalue weighted by atomic mass is 9.97. The lowest BCUT2D eigenvalue weighted by Crippen LogP contribution is -2.55. The number of rotatable bonds is 2. The van der Waals surface area contributed by atoms with Gasteiger partial charge in [-0.25, -0.2) is 5.01 Å². The Labute approximate surface area is 173 Å². The molecule has 0 fully saturated rings. The van der Waals surface area contributed by atoms with E-state index in [1.807, 2.05) is 49.6 Å². The van der Waals surface area contributed by atoms with Crippen molar-refractivity contribution < 1.29 is 9.59 Å². The summed E-state index contributed by atoms with van der Waals surface area (Å²) in [5, 5.41) is 9.84. The van der Waals surface area contributed by atoms with Crippen molar-refractivity contribution in [3.05, 3.63) is 50.6 Å². The molecule has 2 aliphatic heterocycles. The van der Waals surface area contributed by atoms with Crippen LogP contribution in [0.1, 0.15) is 36.0 Å². The van der Waals surface area contributed by atoms with Crippen LogP contribution in [0.15, 0.2) is 45.3 Å². The molecule has 0 saturated heterocycles. The van der Waals surface area contributed by atoms with E-state index in [-0.39, 0.29) is 11.8 Å². The largest absolute Gasteiger partial charge is 0.302 e. The van der Waals surface area contributed by atoms with Crippen molar-refractivity contribution in [1.82, 2.24) is 10.3 Å². The number of thioether (sulfide) groups is 1. The first-order valence-electron chi connectivity index (χ1n) is 8.43. The van der Waals surface area contributed by atoms with E-state index in [9.17, 15) is 9.59 Å². The van der Waals surface area contributed by atoms with Crippen molar-refractivity contribution >= 4 is 61.7 Å². The fourth-order valence-corrected chi connectivity index (χ4v) is 5.29. The number of amidine groups is 1. The highest BCUT2D eigenvalue weighted by Gasteiger charge is 2.47. The highest BCUT2D eigenvalue weighted by Crippen LogP contribution is 2.48. The molecule has 0 saturated carbocycles. The van der Waals surface area contributed by atoms with E-state index in [1.54, 1.807) is 9.91 Å². The lowest BCUT2D eigenvalue weighted by molar-refractivity contribution is -0.130. The number of nitrogens with zero attached hydrogens (tertiary/aromatic N) is 3. The van der Waals surface area contributed by atoms with Crippen LogP contribution in [0.3, 0.4) is 0 Å². The Morgan fingerprint density at radius 2 is 2.11 bits per heavy atom. The molecule has 1 N–H and O–H groups in total. The normalized spacial score (nSPS) is 21.3. The zero-order chi connectivity index (χ0) is 19.1. The van der Waals surface area contributed by atoms with E-state index in [4.69, 9.17) is 0 Å². The second-order valence-corrected chi connectivity index (χ2v) is 9.36. The number of anilines is 1. The van der Waals surface area contributed by atoms with Crippen molar-refractivity contribution in [1.29, 1.82) is 0 Å². The minimum absolute atomic E-state index is 0.0118. The zero-order valence-electron chi connectivity index (χ0n) is 14.7. The predicted octanol–water partition coefficient (Wildman–Crippen LogP) is 4.07. The summed E-state index contributed by atoms with van der Waals surface area (Å²) in [7, 11) is 0. The summed E-state index contributed by atoms with van der Waals surface area (Å²) >= 11 is 6.42. The minimum Gasteiger partial charge on any atom is -0.302 e. The van der Waals surface area contributed by atoms with Gasteiger partial charge in [0.15, 0.2) is 17.4 Å². The number of carbonyl (C=O) groups excluding carboxylic acids is 2. The van der Waals surface area contributed by atoms with Gasteiger partial charge in [-0.15, -0.1) is 16.4 Å². The van der Waals surface area contributed by atoms with E-state index in [0.29, 0.717) is 11.6 Å². The number of hydrogen-bond donors (Lipinski definition) is 1. The number of fused-ring (bicyclic) bond motifs is 3. The molecule has 1 aromatic carbocycles. The molecule has 1 aromatic heterocycles. The number of hydrogen-bond acceptors (Lipinski definition) is 6. The van der Waals surface area contributed by atoms with Gasteiger partial charge in [-0.2, -0.15) is 0 Å². The van der Waals surface area contributed by atoms with Gasteiger partial charge in [0.25, 0.3) is 5.91 Å². The topological polar surface area (TPSA) is 65.0 Å². The average molecular weight is 465 g/mol. The van der Waals surface area contributed by atoms with Gasteiger partial charge in [0.05, 0.1) is 14.4 Å². The first-order chi connectivity index (χ1) is 13.0. The summed E-state index contributed by atoms with van der Waals surface area (Å²) in [5.41, 5.74) is 1.55. The molecular weight excluding hydrogens is 448 g/mol. The smallest absolute Gasteiger partial charge is 0.255 e. The number of thiophene rings is 1. The fraction of sp³-hybridized carbons (Fsp3) is 0.278. The standard InChI is InChI=1S/C18H17BrN4O2S2/c1-3-14(24)22-11-7-5-4-6-10(11)15-16(25)20-18(26-2)21-23(15)17(22)12-8-9-13(19)27-12/h4-9,15,17H,3H2,1-2H3,(H,20,21,25)/t15-,17+/m0/s1. The number of para-hydroxylation sites is 1. The molecule has 2 aliphatic rings. The molecule has 9 heteroatoms. The van der Waals surface area contributed by atoms with Gasteiger partial charge in [-0.3, -0.25) is 14.5 Å². The number of benzene rings is 1. The molecule has 2 aromatic rings. The van der Waals surface area contributed by atoms with Gasteiger partial charge in [0.1, 0.15) is 0 Å². The van der Waals surface area contributed by atoms with Crippen molar-refractivity contribution in [3.8, 4) is 0 Å². The Bertz CT molecular complexity index is 945. The summed E-state index contributed by atoms with van der Waals surface area (Å²) in [4.78, 5) is 28.6. The van der Waals surface area contributed by atoms with Gasteiger partial charge < -0.3 is 5.32 Å². The zero-order valence-corrected chi connectivity index (χ0v) is 17.9. The Morgan fingerprint density at radius 1 is 1.33 bits per heavy atom. The Kier molecular flexibility index (Phi) is 5.00. The SMILES string of the molecule is CCC(=O)N1c2ccccc2[C@H]2C(=O)NC(SC)=NN2[C@@H]1c1ccc(Br)s1. The third kappa shape index (κ3) is 3.07. The molecule has 0 aliphatic carbocycles. The van der Waals surface area contributed by atoms with Crippen LogP contribution in [0.5, 0.6) is 0 Å². The maximum absolute atomic E-state index is 13.0. The first-order valence-corrected chi connectivity index (χ1v) is 11.3. The quantitative estimate of drug-likeness (QED) is 0.727. The van der Waals surface area contributed by atoms with Gasteiger partial charge in [-0.1, -0.05) is 36.9 Å². The molecule has 3 heterocycles. The summed E-state index contributed by atoms with van der Waals surface area (Å²) in [6, 6.07) is 10.9.